The molecule has 0 radical (unpaired) electrons. The van der Waals surface area contributed by atoms with E-state index in [0.717, 1.165) is 0 Å². The predicted molar refractivity (Wildman–Crippen MR) is 48.3 cm³/mol. The van der Waals surface area contributed by atoms with Crippen molar-refractivity contribution in [2.45, 2.75) is 6.92 Å². The number of hydrogen-bond donors (Lipinski definition) is 0. The third-order valence-corrected chi connectivity index (χ3v) is 1.66. The van der Waals surface area contributed by atoms with Crippen LogP contribution in [0.25, 0.3) is 0 Å². The summed E-state index contributed by atoms with van der Waals surface area (Å²) in [5.41, 5.74) is 1.16. The van der Waals surface area contributed by atoms with Gasteiger partial charge < -0.3 is 0 Å². The average molecular weight is 178 g/mol. The quantitative estimate of drug-likeness (QED) is 0.389. The van der Waals surface area contributed by atoms with Crippen LogP contribution in [-0.4, -0.2) is 12.9 Å². The summed E-state index contributed by atoms with van der Waals surface area (Å²) in [5, 5.41) is 0. The first-order valence-corrected chi connectivity index (χ1v) is 3.91. The van der Waals surface area contributed by atoms with Gasteiger partial charge in [-0.2, -0.15) is 0 Å². The second-order valence-electron chi connectivity index (χ2n) is 2.74. The number of hydrogen-bond acceptors (Lipinski definition) is 2. The van der Waals surface area contributed by atoms with Gasteiger partial charge in [0.25, 0.3) is 0 Å². The van der Waals surface area contributed by atoms with Gasteiger partial charge in [-0.25, -0.2) is 0 Å². The largest absolute Gasteiger partial charge is 0.289 e. The molecule has 0 saturated heterocycles. The van der Waals surface area contributed by atoms with Crippen LogP contribution in [0.5, 0.6) is 0 Å². The van der Waals surface area contributed by atoms with Crippen LogP contribution in [0.15, 0.2) is 36.7 Å². The smallest absolute Gasteiger partial charge is 0.223 e. The third kappa shape index (κ3) is 2.15. The van der Waals surface area contributed by atoms with Gasteiger partial charge in [-0.3, -0.25) is 9.63 Å². The van der Waals surface area contributed by atoms with Crippen molar-refractivity contribution < 1.29 is 14.4 Å². The van der Waals surface area contributed by atoms with Gasteiger partial charge in [0.2, 0.25) is 12.4 Å². The first-order chi connectivity index (χ1) is 6.15. The molecule has 3 nitrogen and oxygen atoms in total. The van der Waals surface area contributed by atoms with E-state index in [-0.39, 0.29) is 5.78 Å². The van der Waals surface area contributed by atoms with Gasteiger partial charge in [0.15, 0.2) is 5.78 Å². The van der Waals surface area contributed by atoms with Crippen LogP contribution < -0.4 is 9.57 Å². The topological polar surface area (TPSA) is 30.2 Å². The van der Waals surface area contributed by atoms with Gasteiger partial charge in [0.1, 0.15) is 7.11 Å². The summed E-state index contributed by atoms with van der Waals surface area (Å²) >= 11 is 0. The molecule has 0 saturated carbocycles. The van der Waals surface area contributed by atoms with Crippen molar-refractivity contribution in [3.8, 4) is 0 Å². The van der Waals surface area contributed by atoms with E-state index in [1.54, 1.807) is 38.6 Å². The van der Waals surface area contributed by atoms with Crippen LogP contribution in [0.4, 0.5) is 0 Å². The Balaban J connectivity index is 2.92. The summed E-state index contributed by atoms with van der Waals surface area (Å²) < 4.78 is 1.51. The maximum Gasteiger partial charge on any atom is 0.223 e. The fourth-order valence-corrected chi connectivity index (χ4v) is 0.932. The van der Waals surface area contributed by atoms with E-state index >= 15 is 0 Å². The molecule has 0 N–H and O–H groups in total. The van der Waals surface area contributed by atoms with Crippen LogP contribution in [0.2, 0.25) is 0 Å². The molecule has 13 heavy (non-hydrogen) atoms. The highest BCUT2D eigenvalue weighted by Crippen LogP contribution is 2.03. The lowest BCUT2D eigenvalue weighted by atomic mass is 10.1. The number of aromatic nitrogens is 1. The van der Waals surface area contributed by atoms with E-state index in [0.29, 0.717) is 11.1 Å². The first kappa shape index (κ1) is 9.45. The fraction of sp³-hybridized carbons (Fsp3) is 0.200. The van der Waals surface area contributed by atoms with E-state index in [2.05, 4.69) is 6.58 Å². The van der Waals surface area contributed by atoms with Crippen LogP contribution in [0, 0.1) is 0 Å². The summed E-state index contributed by atoms with van der Waals surface area (Å²) in [5.74, 6) is -0.0387. The summed E-state index contributed by atoms with van der Waals surface area (Å²) in [7, 11) is 1.56. The van der Waals surface area contributed by atoms with Crippen LogP contribution in [-0.2, 0) is 0 Å². The molecule has 0 atom stereocenters. The maximum absolute atomic E-state index is 11.4. The summed E-state index contributed by atoms with van der Waals surface area (Å²) in [6.45, 7) is 5.28. The molecule has 0 aliphatic rings. The number of nitrogens with zero attached hydrogens (tertiary/aromatic N) is 1. The Morgan fingerprint density at radius 3 is 2.38 bits per heavy atom. The molecule has 68 valence electrons. The molecule has 0 amide bonds. The lowest BCUT2D eigenvalue weighted by molar-refractivity contribution is -0.885. The van der Waals surface area contributed by atoms with Gasteiger partial charge >= 0.3 is 0 Å². The van der Waals surface area contributed by atoms with Crippen molar-refractivity contribution in [2.75, 3.05) is 7.11 Å². The second-order valence-corrected chi connectivity index (χ2v) is 2.74. The zero-order valence-electron chi connectivity index (χ0n) is 7.78. The highest BCUT2D eigenvalue weighted by Gasteiger charge is 2.08. The van der Waals surface area contributed by atoms with Crippen LogP contribution in [0.3, 0.4) is 0 Å². The zero-order chi connectivity index (χ0) is 9.84. The van der Waals surface area contributed by atoms with Gasteiger partial charge in [0, 0.05) is 22.4 Å². The number of carbonyl (C=O) groups is 1. The molecule has 0 aromatic carbocycles. The Labute approximate surface area is 77.2 Å². The van der Waals surface area contributed by atoms with Crippen molar-refractivity contribution in [3.63, 3.8) is 0 Å². The lowest BCUT2D eigenvalue weighted by Crippen LogP contribution is -2.39. The maximum atomic E-state index is 11.4. The Morgan fingerprint density at radius 1 is 1.46 bits per heavy atom. The molecule has 0 aliphatic heterocycles. The molecule has 1 rings (SSSR count). The Kier molecular flexibility index (Phi) is 2.80. The van der Waals surface area contributed by atoms with Gasteiger partial charge in [-0.15, -0.1) is 0 Å². The zero-order valence-corrected chi connectivity index (χ0v) is 7.78. The number of carbonyl (C=O) groups excluding carboxylic acids is 1. The fourth-order valence-electron chi connectivity index (χ4n) is 0.932. The lowest BCUT2D eigenvalue weighted by Gasteiger charge is -1.96. The summed E-state index contributed by atoms with van der Waals surface area (Å²) in [4.78, 5) is 16.3. The molecule has 1 aromatic heterocycles. The first-order valence-electron chi connectivity index (χ1n) is 3.91. The van der Waals surface area contributed by atoms with E-state index in [9.17, 15) is 4.79 Å². The molecule has 0 fully saturated rings. The van der Waals surface area contributed by atoms with Gasteiger partial charge in [0.05, 0.1) is 0 Å². The van der Waals surface area contributed by atoms with Crippen molar-refractivity contribution >= 4 is 5.78 Å². The van der Waals surface area contributed by atoms with E-state index < -0.39 is 0 Å². The monoisotopic (exact) mass is 178 g/mol. The number of rotatable bonds is 3. The summed E-state index contributed by atoms with van der Waals surface area (Å²) in [6, 6.07) is 3.39. The minimum Gasteiger partial charge on any atom is -0.289 e. The van der Waals surface area contributed by atoms with E-state index in [4.69, 9.17) is 4.84 Å². The Morgan fingerprint density at radius 2 is 2.00 bits per heavy atom. The van der Waals surface area contributed by atoms with E-state index in [1.807, 2.05) is 0 Å². The number of pyridine rings is 1. The SMILES string of the molecule is C=C(C)C(=O)c1cc[n+](OC)cc1. The molecule has 0 unspecified atom stereocenters. The van der Waals surface area contributed by atoms with Crippen molar-refractivity contribution in [2.24, 2.45) is 0 Å². The number of Topliss-reactive ketones (excluding diaryl/α,β-unsaturated/α-hetero) is 1. The molecular formula is C10H12NO2+. The Bertz CT molecular complexity index is 327. The summed E-state index contributed by atoms with van der Waals surface area (Å²) in [6.07, 6.45) is 3.35. The van der Waals surface area contributed by atoms with Crippen molar-refractivity contribution in [1.82, 2.24) is 0 Å². The highest BCUT2D eigenvalue weighted by atomic mass is 16.6. The predicted octanol–water partition coefficient (Wildman–Crippen LogP) is 0.791. The number of allylic oxidation sites excluding steroid dienone is 1. The highest BCUT2D eigenvalue weighted by molar-refractivity contribution is 6.07. The van der Waals surface area contributed by atoms with Gasteiger partial charge in [-0.05, 0) is 12.5 Å². The standard InChI is InChI=1S/C10H12NO2/c1-8(2)10(12)9-4-6-11(13-3)7-5-9/h4-7H,1H2,2-3H3/q+1. The molecule has 3 heteroatoms. The third-order valence-electron chi connectivity index (χ3n) is 1.66. The second kappa shape index (κ2) is 3.85. The van der Waals surface area contributed by atoms with Crippen molar-refractivity contribution in [3.05, 3.63) is 42.2 Å². The van der Waals surface area contributed by atoms with E-state index in [1.165, 1.54) is 4.73 Å². The molecule has 0 bridgehead atoms. The minimum absolute atomic E-state index is 0.0387. The average Bonchev–Trinajstić information content (AvgIpc) is 2.17. The molecule has 1 aromatic rings. The normalized spacial score (nSPS) is 9.38. The molecule has 1 heterocycles. The molecule has 0 aliphatic carbocycles. The minimum atomic E-state index is -0.0387. The van der Waals surface area contributed by atoms with Crippen LogP contribution >= 0.6 is 0 Å². The van der Waals surface area contributed by atoms with Gasteiger partial charge in [-0.1, -0.05) is 6.58 Å². The number of ketones is 1. The van der Waals surface area contributed by atoms with Crippen LogP contribution in [0.1, 0.15) is 17.3 Å². The molecule has 0 spiro atoms. The molecular weight excluding hydrogens is 166 g/mol. The Hall–Kier alpha value is -1.64. The van der Waals surface area contributed by atoms with Crippen molar-refractivity contribution in [1.29, 1.82) is 0 Å².